The van der Waals surface area contributed by atoms with Crippen molar-refractivity contribution in [1.82, 2.24) is 4.37 Å². The Hall–Kier alpha value is -1.61. The minimum atomic E-state index is -0.220. The first kappa shape index (κ1) is 13.8. The summed E-state index contributed by atoms with van der Waals surface area (Å²) in [6.07, 6.45) is 0. The molecule has 0 amide bonds. The van der Waals surface area contributed by atoms with Crippen molar-refractivity contribution >= 4 is 46.2 Å². The summed E-state index contributed by atoms with van der Waals surface area (Å²) in [5.41, 5.74) is 1.08. The summed E-state index contributed by atoms with van der Waals surface area (Å²) in [5, 5.41) is 12.1. The highest BCUT2D eigenvalue weighted by molar-refractivity contribution is 7.09. The topological polar surface area (TPSA) is 65.8 Å². The van der Waals surface area contributed by atoms with E-state index in [0.717, 1.165) is 11.5 Å². The molecule has 0 radical (unpaired) electrons. The third-order valence-electron chi connectivity index (χ3n) is 2.34. The van der Waals surface area contributed by atoms with Gasteiger partial charge in [-0.15, -0.1) is 0 Å². The summed E-state index contributed by atoms with van der Waals surface area (Å²) in [7, 11) is 0. The average Bonchev–Trinajstić information content (AvgIpc) is 2.77. The van der Waals surface area contributed by atoms with Crippen molar-refractivity contribution in [3.05, 3.63) is 44.9 Å². The van der Waals surface area contributed by atoms with Crippen LogP contribution in [-0.2, 0) is 0 Å². The summed E-state index contributed by atoms with van der Waals surface area (Å²) in [6.45, 7) is 0.0247. The first-order valence-corrected chi connectivity index (χ1v) is 6.73. The van der Waals surface area contributed by atoms with E-state index < -0.39 is 0 Å². The number of hydrogen-bond acceptors (Lipinski definition) is 5. The van der Waals surface area contributed by atoms with Crippen LogP contribution in [0.1, 0.15) is 15.2 Å². The number of rotatable bonds is 4. The summed E-state index contributed by atoms with van der Waals surface area (Å²) in [5.74, 6) is -0.220. The van der Waals surface area contributed by atoms with Crippen LogP contribution in [0.3, 0.4) is 0 Å². The predicted molar refractivity (Wildman–Crippen MR) is 76.1 cm³/mol. The summed E-state index contributed by atoms with van der Waals surface area (Å²) in [6, 6.07) is 8.98. The van der Waals surface area contributed by atoms with E-state index in [9.17, 15) is 4.79 Å². The standard InChI is InChI=1S/C12H7Cl2N3OS/c13-10-11(19-17-12(10)14)9(18)6-16-8-4-2-1-3-7(8)5-15/h1-4,16H,6H2. The lowest BCUT2D eigenvalue weighted by Crippen LogP contribution is -2.13. The van der Waals surface area contributed by atoms with Gasteiger partial charge in [0.25, 0.3) is 0 Å². The minimum absolute atomic E-state index is 0.0247. The molecule has 4 nitrogen and oxygen atoms in total. The summed E-state index contributed by atoms with van der Waals surface area (Å²) in [4.78, 5) is 12.2. The van der Waals surface area contributed by atoms with Crippen LogP contribution in [0.25, 0.3) is 0 Å². The van der Waals surface area contributed by atoms with Crippen molar-refractivity contribution in [2.45, 2.75) is 0 Å². The number of para-hydroxylation sites is 1. The van der Waals surface area contributed by atoms with Gasteiger partial charge in [0, 0.05) is 0 Å². The average molecular weight is 312 g/mol. The summed E-state index contributed by atoms with van der Waals surface area (Å²) < 4.78 is 3.80. The molecule has 96 valence electrons. The zero-order valence-corrected chi connectivity index (χ0v) is 11.8. The fourth-order valence-corrected chi connectivity index (χ4v) is 2.59. The van der Waals surface area contributed by atoms with E-state index in [-0.39, 0.29) is 22.5 Å². The number of nitrogens with zero attached hydrogens (tertiary/aromatic N) is 2. The van der Waals surface area contributed by atoms with Crippen LogP contribution in [0.15, 0.2) is 24.3 Å². The van der Waals surface area contributed by atoms with E-state index in [1.807, 2.05) is 6.07 Å². The van der Waals surface area contributed by atoms with Crippen LogP contribution >= 0.6 is 34.7 Å². The number of nitrogens with one attached hydrogen (secondary N) is 1. The first-order chi connectivity index (χ1) is 9.13. The van der Waals surface area contributed by atoms with Crippen molar-refractivity contribution in [3.8, 4) is 6.07 Å². The number of halogens is 2. The van der Waals surface area contributed by atoms with Gasteiger partial charge in [0.15, 0.2) is 10.9 Å². The lowest BCUT2D eigenvalue weighted by molar-refractivity contribution is 0.101. The number of nitriles is 1. The second-order valence-corrected chi connectivity index (χ2v) is 5.06. The number of carbonyl (C=O) groups is 1. The molecule has 1 heterocycles. The fourth-order valence-electron chi connectivity index (χ4n) is 1.42. The molecule has 2 aromatic rings. The van der Waals surface area contributed by atoms with Crippen molar-refractivity contribution in [3.63, 3.8) is 0 Å². The molecule has 2 rings (SSSR count). The molecule has 19 heavy (non-hydrogen) atoms. The number of carbonyl (C=O) groups excluding carboxylic acids is 1. The van der Waals surface area contributed by atoms with Crippen molar-refractivity contribution < 1.29 is 4.79 Å². The predicted octanol–water partition coefficient (Wildman–Crippen LogP) is 3.62. The molecule has 1 N–H and O–H groups in total. The monoisotopic (exact) mass is 311 g/mol. The van der Waals surface area contributed by atoms with E-state index in [0.29, 0.717) is 16.1 Å². The third-order valence-corrected chi connectivity index (χ3v) is 4.18. The Morgan fingerprint density at radius 3 is 2.79 bits per heavy atom. The molecule has 0 aliphatic carbocycles. The Kier molecular flexibility index (Phi) is 4.38. The molecule has 0 fully saturated rings. The Balaban J connectivity index is 2.09. The number of benzene rings is 1. The van der Waals surface area contributed by atoms with Gasteiger partial charge in [-0.25, -0.2) is 0 Å². The molecular formula is C12H7Cl2N3OS. The van der Waals surface area contributed by atoms with Gasteiger partial charge in [-0.3, -0.25) is 4.79 Å². The first-order valence-electron chi connectivity index (χ1n) is 5.20. The van der Waals surface area contributed by atoms with E-state index in [2.05, 4.69) is 9.69 Å². The molecule has 0 unspecified atom stereocenters. The molecule has 0 saturated heterocycles. The molecule has 0 aliphatic heterocycles. The second kappa shape index (κ2) is 6.02. The molecule has 7 heteroatoms. The van der Waals surface area contributed by atoms with Gasteiger partial charge >= 0.3 is 0 Å². The van der Waals surface area contributed by atoms with Crippen molar-refractivity contribution in [1.29, 1.82) is 5.26 Å². The van der Waals surface area contributed by atoms with Gasteiger partial charge in [-0.05, 0) is 23.7 Å². The zero-order chi connectivity index (χ0) is 13.8. The zero-order valence-electron chi connectivity index (χ0n) is 9.48. The van der Waals surface area contributed by atoms with E-state index >= 15 is 0 Å². The fraction of sp³-hybridized carbons (Fsp3) is 0.0833. The normalized spacial score (nSPS) is 9.95. The number of Topliss-reactive ketones (excluding diaryl/α,β-unsaturated/α-hetero) is 1. The molecule has 0 atom stereocenters. The largest absolute Gasteiger partial charge is 0.376 e. The van der Waals surface area contributed by atoms with Crippen molar-refractivity contribution in [2.24, 2.45) is 0 Å². The molecule has 1 aromatic heterocycles. The molecular weight excluding hydrogens is 305 g/mol. The Morgan fingerprint density at radius 2 is 2.16 bits per heavy atom. The van der Waals surface area contributed by atoms with Gasteiger partial charge in [0.05, 0.1) is 17.8 Å². The third kappa shape index (κ3) is 3.04. The number of hydrogen-bond donors (Lipinski definition) is 1. The molecule has 0 aliphatic rings. The van der Waals surface area contributed by atoms with Gasteiger partial charge < -0.3 is 5.32 Å². The second-order valence-electron chi connectivity index (χ2n) is 3.55. The highest BCUT2D eigenvalue weighted by Crippen LogP contribution is 2.28. The minimum Gasteiger partial charge on any atom is -0.376 e. The van der Waals surface area contributed by atoms with E-state index in [1.54, 1.807) is 24.3 Å². The molecule has 0 bridgehead atoms. The van der Waals surface area contributed by atoms with Crippen LogP contribution < -0.4 is 5.32 Å². The Labute approximate surface area is 123 Å². The number of aromatic nitrogens is 1. The summed E-state index contributed by atoms with van der Waals surface area (Å²) >= 11 is 12.5. The number of ketones is 1. The van der Waals surface area contributed by atoms with Crippen LogP contribution in [0.2, 0.25) is 10.2 Å². The maximum atomic E-state index is 11.9. The molecule has 0 spiro atoms. The highest BCUT2D eigenvalue weighted by atomic mass is 35.5. The van der Waals surface area contributed by atoms with Crippen LogP contribution in [-0.4, -0.2) is 16.7 Å². The van der Waals surface area contributed by atoms with E-state index in [1.165, 1.54) is 0 Å². The molecule has 1 aromatic carbocycles. The lowest BCUT2D eigenvalue weighted by atomic mass is 10.2. The van der Waals surface area contributed by atoms with Crippen molar-refractivity contribution in [2.75, 3.05) is 11.9 Å². The lowest BCUT2D eigenvalue weighted by Gasteiger charge is -2.06. The Bertz CT molecular complexity index is 663. The van der Waals surface area contributed by atoms with E-state index in [4.69, 9.17) is 28.5 Å². The highest BCUT2D eigenvalue weighted by Gasteiger charge is 2.17. The Morgan fingerprint density at radius 1 is 1.42 bits per heavy atom. The molecule has 0 saturated carbocycles. The number of anilines is 1. The maximum absolute atomic E-state index is 11.9. The van der Waals surface area contributed by atoms with Crippen LogP contribution in [0, 0.1) is 11.3 Å². The van der Waals surface area contributed by atoms with Gasteiger partial charge in [-0.2, -0.15) is 9.64 Å². The van der Waals surface area contributed by atoms with Gasteiger partial charge in [0.1, 0.15) is 16.0 Å². The van der Waals surface area contributed by atoms with Gasteiger partial charge in [0.2, 0.25) is 0 Å². The van der Waals surface area contributed by atoms with Gasteiger partial charge in [-0.1, -0.05) is 35.3 Å². The quantitative estimate of drug-likeness (QED) is 0.876. The maximum Gasteiger partial charge on any atom is 0.194 e. The van der Waals surface area contributed by atoms with Crippen LogP contribution in [0.5, 0.6) is 0 Å². The van der Waals surface area contributed by atoms with Crippen LogP contribution in [0.4, 0.5) is 5.69 Å². The smallest absolute Gasteiger partial charge is 0.194 e. The SMILES string of the molecule is N#Cc1ccccc1NCC(=O)c1snc(Cl)c1Cl.